The van der Waals surface area contributed by atoms with Crippen molar-refractivity contribution in [2.45, 2.75) is 32.6 Å². The number of amides is 1. The van der Waals surface area contributed by atoms with Gasteiger partial charge in [0.1, 0.15) is 0 Å². The summed E-state index contributed by atoms with van der Waals surface area (Å²) in [5, 5.41) is 0. The Morgan fingerprint density at radius 2 is 1.50 bits per heavy atom. The van der Waals surface area contributed by atoms with Gasteiger partial charge in [0.05, 0.1) is 10.6 Å². The monoisotopic (exact) mass is 477 g/mol. The van der Waals surface area contributed by atoms with Crippen molar-refractivity contribution in [3.63, 3.8) is 0 Å². The van der Waals surface area contributed by atoms with Gasteiger partial charge < -0.3 is 9.80 Å². The number of anilines is 2. The van der Waals surface area contributed by atoms with Gasteiger partial charge in [0.25, 0.3) is 15.9 Å². The van der Waals surface area contributed by atoms with Gasteiger partial charge >= 0.3 is 0 Å². The summed E-state index contributed by atoms with van der Waals surface area (Å²) in [6.07, 6.45) is 0. The molecule has 7 heteroatoms. The molecule has 0 spiro atoms. The molecule has 0 radical (unpaired) electrons. The second-order valence-corrected chi connectivity index (χ2v) is 10.6. The van der Waals surface area contributed by atoms with Gasteiger partial charge in [0.15, 0.2) is 0 Å². The lowest BCUT2D eigenvalue weighted by molar-refractivity contribution is 0.0747. The number of carbonyl (C=O) groups excluding carboxylic acids is 1. The first-order valence-corrected chi connectivity index (χ1v) is 12.9. The minimum Gasteiger partial charge on any atom is -0.368 e. The van der Waals surface area contributed by atoms with Crippen LogP contribution in [0.5, 0.6) is 0 Å². The Kier molecular flexibility index (Phi) is 6.66. The van der Waals surface area contributed by atoms with Crippen molar-refractivity contribution in [2.24, 2.45) is 0 Å². The van der Waals surface area contributed by atoms with E-state index in [4.69, 9.17) is 0 Å². The van der Waals surface area contributed by atoms with Crippen LogP contribution in [-0.4, -0.2) is 45.4 Å². The highest BCUT2D eigenvalue weighted by atomic mass is 32.2. The summed E-state index contributed by atoms with van der Waals surface area (Å²) in [6.45, 7) is 10.7. The zero-order valence-electron chi connectivity index (χ0n) is 20.1. The molecule has 1 heterocycles. The Balaban J connectivity index is 1.48. The molecule has 3 aromatic carbocycles. The van der Waals surface area contributed by atoms with E-state index >= 15 is 0 Å². The molecule has 0 atom stereocenters. The van der Waals surface area contributed by atoms with Crippen LogP contribution in [-0.2, 0) is 10.0 Å². The van der Waals surface area contributed by atoms with E-state index < -0.39 is 10.0 Å². The molecule has 34 heavy (non-hydrogen) atoms. The van der Waals surface area contributed by atoms with Crippen LogP contribution in [0.25, 0.3) is 0 Å². The third-order valence-electron chi connectivity index (χ3n) is 6.54. The maximum Gasteiger partial charge on any atom is 0.261 e. The molecule has 0 bridgehead atoms. The first-order valence-electron chi connectivity index (χ1n) is 11.5. The molecule has 4 rings (SSSR count). The highest BCUT2D eigenvalue weighted by molar-refractivity contribution is 7.92. The second-order valence-electron chi connectivity index (χ2n) is 8.95. The Labute approximate surface area is 202 Å². The van der Waals surface area contributed by atoms with E-state index in [9.17, 15) is 13.2 Å². The van der Waals surface area contributed by atoms with Gasteiger partial charge in [-0.2, -0.15) is 0 Å². The fourth-order valence-electron chi connectivity index (χ4n) is 4.20. The molecule has 1 fully saturated rings. The third kappa shape index (κ3) is 4.94. The van der Waals surface area contributed by atoms with Crippen LogP contribution in [0, 0.1) is 27.7 Å². The van der Waals surface area contributed by atoms with Gasteiger partial charge in [-0.3, -0.25) is 9.52 Å². The first-order chi connectivity index (χ1) is 16.2. The lowest BCUT2D eigenvalue weighted by atomic mass is 10.1. The number of rotatable bonds is 5. The highest BCUT2D eigenvalue weighted by Crippen LogP contribution is 2.26. The molecule has 1 aliphatic rings. The largest absolute Gasteiger partial charge is 0.368 e. The SMILES string of the molecule is Cc1ccc(S(=O)(=O)Nc2cc(C(=O)N3CCN(c4cccc(C)c4C)CC3)ccc2C)cc1. The van der Waals surface area contributed by atoms with Crippen molar-refractivity contribution >= 4 is 27.3 Å². The summed E-state index contributed by atoms with van der Waals surface area (Å²) in [5.41, 5.74) is 6.39. The lowest BCUT2D eigenvalue weighted by Gasteiger charge is -2.37. The van der Waals surface area contributed by atoms with Gasteiger partial charge in [-0.15, -0.1) is 0 Å². The van der Waals surface area contributed by atoms with Crippen molar-refractivity contribution < 1.29 is 13.2 Å². The number of piperazine rings is 1. The Hall–Kier alpha value is -3.32. The van der Waals surface area contributed by atoms with Gasteiger partial charge in [-0.1, -0.05) is 35.9 Å². The van der Waals surface area contributed by atoms with E-state index in [0.717, 1.165) is 24.2 Å². The average Bonchev–Trinajstić information content (AvgIpc) is 2.82. The van der Waals surface area contributed by atoms with Crippen LogP contribution >= 0.6 is 0 Å². The predicted octanol–water partition coefficient (Wildman–Crippen LogP) is 4.68. The van der Waals surface area contributed by atoms with Crippen molar-refractivity contribution in [2.75, 3.05) is 35.8 Å². The maximum atomic E-state index is 13.2. The molecular formula is C27H31N3O3S. The topological polar surface area (TPSA) is 69.7 Å². The molecule has 0 unspecified atom stereocenters. The Morgan fingerprint density at radius 1 is 0.824 bits per heavy atom. The molecule has 6 nitrogen and oxygen atoms in total. The van der Waals surface area contributed by atoms with Crippen molar-refractivity contribution in [1.29, 1.82) is 0 Å². The summed E-state index contributed by atoms with van der Waals surface area (Å²) >= 11 is 0. The molecule has 0 aromatic heterocycles. The fourth-order valence-corrected chi connectivity index (χ4v) is 5.32. The molecule has 1 aliphatic heterocycles. The van der Waals surface area contributed by atoms with Crippen LogP contribution in [0.2, 0.25) is 0 Å². The molecule has 178 valence electrons. The minimum absolute atomic E-state index is 0.0867. The summed E-state index contributed by atoms with van der Waals surface area (Å²) in [4.78, 5) is 17.6. The number of hydrogen-bond donors (Lipinski definition) is 1. The number of sulfonamides is 1. The van der Waals surface area contributed by atoms with E-state index in [1.807, 2.05) is 18.7 Å². The molecular weight excluding hydrogens is 446 g/mol. The normalized spacial score (nSPS) is 14.2. The zero-order valence-corrected chi connectivity index (χ0v) is 20.9. The summed E-state index contributed by atoms with van der Waals surface area (Å²) in [6, 6.07) is 18.2. The number of carbonyl (C=O) groups is 1. The van der Waals surface area contributed by atoms with Crippen LogP contribution in [0.1, 0.15) is 32.6 Å². The van der Waals surface area contributed by atoms with Crippen LogP contribution < -0.4 is 9.62 Å². The first kappa shape index (κ1) is 23.8. The standard InChI is InChI=1S/C27H31N3O3S/c1-19-8-12-24(13-9-19)34(32,33)28-25-18-23(11-10-21(25)3)27(31)30-16-14-29(15-17-30)26-7-5-6-20(2)22(26)4/h5-13,18,28H,14-17H2,1-4H3. The molecule has 1 saturated heterocycles. The van der Waals surface area contributed by atoms with Crippen LogP contribution in [0.4, 0.5) is 11.4 Å². The summed E-state index contributed by atoms with van der Waals surface area (Å²) < 4.78 is 28.4. The fraction of sp³-hybridized carbons (Fsp3) is 0.296. The van der Waals surface area contributed by atoms with Crippen molar-refractivity contribution in [3.05, 3.63) is 88.5 Å². The average molecular weight is 478 g/mol. The van der Waals surface area contributed by atoms with Crippen LogP contribution in [0.3, 0.4) is 0 Å². The van der Waals surface area contributed by atoms with Gasteiger partial charge in [-0.05, 0) is 74.7 Å². The number of nitrogens with one attached hydrogen (secondary N) is 1. The smallest absolute Gasteiger partial charge is 0.261 e. The lowest BCUT2D eigenvalue weighted by Crippen LogP contribution is -2.49. The van der Waals surface area contributed by atoms with E-state index in [0.29, 0.717) is 24.3 Å². The van der Waals surface area contributed by atoms with E-state index in [1.165, 1.54) is 16.8 Å². The molecule has 1 amide bonds. The van der Waals surface area contributed by atoms with E-state index in [-0.39, 0.29) is 10.8 Å². The van der Waals surface area contributed by atoms with Crippen molar-refractivity contribution in [1.82, 2.24) is 4.90 Å². The number of aryl methyl sites for hydroxylation is 3. The number of benzene rings is 3. The number of nitrogens with zero attached hydrogens (tertiary/aromatic N) is 2. The Morgan fingerprint density at radius 3 is 2.18 bits per heavy atom. The zero-order chi connectivity index (χ0) is 24.5. The van der Waals surface area contributed by atoms with Crippen LogP contribution in [0.15, 0.2) is 65.6 Å². The van der Waals surface area contributed by atoms with E-state index in [2.05, 4.69) is 41.7 Å². The van der Waals surface area contributed by atoms with Gasteiger partial charge in [0, 0.05) is 37.4 Å². The van der Waals surface area contributed by atoms with Gasteiger partial charge in [-0.25, -0.2) is 8.42 Å². The third-order valence-corrected chi connectivity index (χ3v) is 7.93. The molecule has 1 N–H and O–H groups in total. The summed E-state index contributed by atoms with van der Waals surface area (Å²) in [7, 11) is -3.75. The van der Waals surface area contributed by atoms with Gasteiger partial charge in [0.2, 0.25) is 0 Å². The molecule has 0 aliphatic carbocycles. The second kappa shape index (κ2) is 9.50. The Bertz CT molecular complexity index is 1310. The van der Waals surface area contributed by atoms with E-state index in [1.54, 1.807) is 42.5 Å². The predicted molar refractivity (Wildman–Crippen MR) is 137 cm³/mol. The van der Waals surface area contributed by atoms with Crippen molar-refractivity contribution in [3.8, 4) is 0 Å². The number of hydrogen-bond acceptors (Lipinski definition) is 4. The highest BCUT2D eigenvalue weighted by Gasteiger charge is 2.24. The minimum atomic E-state index is -3.75. The molecule has 3 aromatic rings. The molecule has 0 saturated carbocycles. The quantitative estimate of drug-likeness (QED) is 0.579. The summed E-state index contributed by atoms with van der Waals surface area (Å²) in [5.74, 6) is -0.0867. The maximum absolute atomic E-state index is 13.2.